The van der Waals surface area contributed by atoms with Crippen LogP contribution in [0, 0.1) is 0 Å². The molecule has 3 unspecified atom stereocenters. The predicted octanol–water partition coefficient (Wildman–Crippen LogP) is 2.75. The van der Waals surface area contributed by atoms with Gasteiger partial charge in [-0.3, -0.25) is 4.90 Å². The number of nitrogens with zero attached hydrogens (tertiary/aromatic N) is 1. The molecule has 1 aromatic rings. The van der Waals surface area contributed by atoms with Gasteiger partial charge in [0, 0.05) is 19.1 Å². The van der Waals surface area contributed by atoms with Gasteiger partial charge >= 0.3 is 0 Å². The summed E-state index contributed by atoms with van der Waals surface area (Å²) < 4.78 is 5.76. The summed E-state index contributed by atoms with van der Waals surface area (Å²) in [5.74, 6) is 0.441. The average molecular weight is 276 g/mol. The zero-order valence-electron chi connectivity index (χ0n) is 13.0. The van der Waals surface area contributed by atoms with Crippen molar-refractivity contribution in [2.75, 3.05) is 19.7 Å². The fourth-order valence-corrected chi connectivity index (χ4v) is 2.80. The molecule has 1 aromatic carbocycles. The highest BCUT2D eigenvalue weighted by Gasteiger charge is 2.25. The maximum absolute atomic E-state index is 5.76. The molecule has 20 heavy (non-hydrogen) atoms. The molecular formula is C17H28N2O. The molecule has 2 rings (SSSR count). The largest absolute Gasteiger partial charge is 0.376 e. The quantitative estimate of drug-likeness (QED) is 0.898. The molecule has 1 fully saturated rings. The molecule has 3 atom stereocenters. The zero-order valence-corrected chi connectivity index (χ0v) is 13.0. The van der Waals surface area contributed by atoms with Crippen molar-refractivity contribution in [1.29, 1.82) is 0 Å². The lowest BCUT2D eigenvalue weighted by Gasteiger charge is -2.38. The summed E-state index contributed by atoms with van der Waals surface area (Å²) in [5, 5.41) is 0. The zero-order chi connectivity index (χ0) is 14.5. The monoisotopic (exact) mass is 276 g/mol. The van der Waals surface area contributed by atoms with Crippen molar-refractivity contribution in [2.24, 2.45) is 5.73 Å². The first-order valence-electron chi connectivity index (χ1n) is 7.78. The van der Waals surface area contributed by atoms with Gasteiger partial charge in [-0.1, -0.05) is 38.1 Å². The van der Waals surface area contributed by atoms with Crippen LogP contribution < -0.4 is 5.73 Å². The van der Waals surface area contributed by atoms with E-state index in [-0.39, 0.29) is 0 Å². The van der Waals surface area contributed by atoms with Crippen LogP contribution in [0.15, 0.2) is 24.3 Å². The van der Waals surface area contributed by atoms with E-state index >= 15 is 0 Å². The Hall–Kier alpha value is -0.900. The van der Waals surface area contributed by atoms with Gasteiger partial charge in [0.25, 0.3) is 0 Å². The molecule has 2 N–H and O–H groups in total. The van der Waals surface area contributed by atoms with E-state index in [0.717, 1.165) is 26.1 Å². The number of hydrogen-bond donors (Lipinski definition) is 1. The highest BCUT2D eigenvalue weighted by molar-refractivity contribution is 5.25. The Labute approximate surface area is 123 Å². The first-order valence-corrected chi connectivity index (χ1v) is 7.78. The first-order chi connectivity index (χ1) is 9.63. The third-order valence-corrected chi connectivity index (χ3v) is 4.34. The normalized spacial score (nSPS) is 25.6. The fourth-order valence-electron chi connectivity index (χ4n) is 2.80. The lowest BCUT2D eigenvalue weighted by atomic mass is 9.99. The third-order valence-electron chi connectivity index (χ3n) is 4.34. The topological polar surface area (TPSA) is 38.5 Å². The molecule has 0 spiro atoms. The van der Waals surface area contributed by atoms with Gasteiger partial charge < -0.3 is 10.5 Å². The van der Waals surface area contributed by atoms with E-state index < -0.39 is 0 Å². The molecule has 3 heteroatoms. The van der Waals surface area contributed by atoms with Gasteiger partial charge in [0.2, 0.25) is 0 Å². The van der Waals surface area contributed by atoms with Crippen molar-refractivity contribution in [3.8, 4) is 0 Å². The molecule has 0 saturated carbocycles. The molecule has 0 radical (unpaired) electrons. The summed E-state index contributed by atoms with van der Waals surface area (Å²) in [4.78, 5) is 2.55. The first kappa shape index (κ1) is 15.5. The number of rotatable bonds is 5. The van der Waals surface area contributed by atoms with Gasteiger partial charge in [-0.15, -0.1) is 0 Å². The van der Waals surface area contributed by atoms with Crippen molar-refractivity contribution in [2.45, 2.75) is 51.8 Å². The van der Waals surface area contributed by atoms with Crippen LogP contribution in [0.3, 0.4) is 0 Å². The van der Waals surface area contributed by atoms with Crippen molar-refractivity contribution in [3.63, 3.8) is 0 Å². The number of benzene rings is 1. The molecule has 0 aliphatic carbocycles. The van der Waals surface area contributed by atoms with Crippen LogP contribution in [-0.2, 0) is 11.3 Å². The molecule has 0 bridgehead atoms. The highest BCUT2D eigenvalue weighted by atomic mass is 16.5. The minimum atomic E-state index is 0.342. The van der Waals surface area contributed by atoms with Gasteiger partial charge in [0.1, 0.15) is 0 Å². The van der Waals surface area contributed by atoms with Gasteiger partial charge in [0.15, 0.2) is 0 Å². The summed E-state index contributed by atoms with van der Waals surface area (Å²) in [6.45, 7) is 10.2. The number of ether oxygens (including phenoxy) is 1. The Morgan fingerprint density at radius 1 is 1.35 bits per heavy atom. The molecule has 112 valence electrons. The maximum Gasteiger partial charge on any atom is 0.0674 e. The van der Waals surface area contributed by atoms with Crippen molar-refractivity contribution in [1.82, 2.24) is 4.90 Å². The predicted molar refractivity (Wildman–Crippen MR) is 83.8 cm³/mol. The molecular weight excluding hydrogens is 248 g/mol. The molecule has 1 heterocycles. The van der Waals surface area contributed by atoms with E-state index in [1.807, 2.05) is 0 Å². The third kappa shape index (κ3) is 3.81. The van der Waals surface area contributed by atoms with Crippen molar-refractivity contribution < 1.29 is 4.74 Å². The van der Waals surface area contributed by atoms with Crippen molar-refractivity contribution in [3.05, 3.63) is 35.4 Å². The lowest BCUT2D eigenvalue weighted by molar-refractivity contribution is -0.0592. The Bertz CT molecular complexity index is 404. The lowest BCUT2D eigenvalue weighted by Crippen LogP contribution is -2.47. The number of morpholine rings is 1. The minimum absolute atomic E-state index is 0.342. The fraction of sp³-hybridized carbons (Fsp3) is 0.647. The summed E-state index contributed by atoms with van der Waals surface area (Å²) in [6, 6.07) is 9.48. The van der Waals surface area contributed by atoms with Gasteiger partial charge in [-0.2, -0.15) is 0 Å². The van der Waals surface area contributed by atoms with Crippen LogP contribution in [0.2, 0.25) is 0 Å². The van der Waals surface area contributed by atoms with E-state index in [0.29, 0.717) is 24.6 Å². The summed E-state index contributed by atoms with van der Waals surface area (Å²) >= 11 is 0. The van der Waals surface area contributed by atoms with E-state index in [9.17, 15) is 0 Å². The second-order valence-corrected chi connectivity index (χ2v) is 6.01. The second-order valence-electron chi connectivity index (χ2n) is 6.01. The summed E-state index contributed by atoms with van der Waals surface area (Å²) in [6.07, 6.45) is 1.49. The molecule has 1 saturated heterocycles. The smallest absolute Gasteiger partial charge is 0.0674 e. The van der Waals surface area contributed by atoms with E-state index in [4.69, 9.17) is 10.5 Å². The Balaban J connectivity index is 2.01. The molecule has 3 nitrogen and oxygen atoms in total. The number of nitrogens with two attached hydrogens (primary N) is 1. The molecule has 0 aromatic heterocycles. The van der Waals surface area contributed by atoms with Gasteiger partial charge in [-0.05, 0) is 36.9 Å². The van der Waals surface area contributed by atoms with Crippen molar-refractivity contribution >= 4 is 0 Å². The average Bonchev–Trinajstić information content (AvgIpc) is 2.47. The van der Waals surface area contributed by atoms with Crippen LogP contribution >= 0.6 is 0 Å². The van der Waals surface area contributed by atoms with Crippen LogP contribution in [0.5, 0.6) is 0 Å². The van der Waals surface area contributed by atoms with Crippen LogP contribution in [0.25, 0.3) is 0 Å². The van der Waals surface area contributed by atoms with Crippen LogP contribution in [0.1, 0.15) is 44.2 Å². The summed E-state index contributed by atoms with van der Waals surface area (Å²) in [5.41, 5.74) is 8.43. The summed E-state index contributed by atoms with van der Waals surface area (Å²) in [7, 11) is 0. The van der Waals surface area contributed by atoms with E-state index in [1.165, 1.54) is 11.1 Å². The van der Waals surface area contributed by atoms with E-state index in [2.05, 4.69) is 49.9 Å². The van der Waals surface area contributed by atoms with Crippen LogP contribution in [-0.4, -0.2) is 36.7 Å². The second kappa shape index (κ2) is 7.21. The van der Waals surface area contributed by atoms with Gasteiger partial charge in [-0.25, -0.2) is 0 Å². The Kier molecular flexibility index (Phi) is 5.58. The van der Waals surface area contributed by atoms with Gasteiger partial charge in [0.05, 0.1) is 12.7 Å². The van der Waals surface area contributed by atoms with E-state index in [1.54, 1.807) is 0 Å². The molecule has 0 amide bonds. The SMILES string of the molecule is CCC1COC(C)CN1Cc1ccc(C(C)CN)cc1. The Morgan fingerprint density at radius 2 is 2.05 bits per heavy atom. The highest BCUT2D eigenvalue weighted by Crippen LogP contribution is 2.19. The minimum Gasteiger partial charge on any atom is -0.376 e. The van der Waals surface area contributed by atoms with Crippen LogP contribution in [0.4, 0.5) is 0 Å². The number of hydrogen-bond acceptors (Lipinski definition) is 3. The standard InChI is InChI=1S/C17H28N2O/c1-4-17-12-20-14(3)10-19(17)11-15-5-7-16(8-6-15)13(2)9-18/h5-8,13-14,17H,4,9-12,18H2,1-3H3. The Morgan fingerprint density at radius 3 is 2.65 bits per heavy atom. The maximum atomic E-state index is 5.76. The molecule has 1 aliphatic rings. The molecule has 1 aliphatic heterocycles.